The highest BCUT2D eigenvalue weighted by Gasteiger charge is 2.08. The molecule has 0 spiro atoms. The number of aryl methyl sites for hydroxylation is 1. The van der Waals surface area contributed by atoms with E-state index in [4.69, 9.17) is 5.11 Å². The lowest BCUT2D eigenvalue weighted by atomic mass is 10.2. The largest absolute Gasteiger partial charge is 0.478 e. The molecule has 0 atom stereocenters. The number of nitrogens with one attached hydrogen (secondary N) is 2. The molecular formula is C12H18N4O3. The predicted molar refractivity (Wildman–Crippen MR) is 71.5 cm³/mol. The number of nitrogens with zero attached hydrogens (tertiary/aromatic N) is 2. The van der Waals surface area contributed by atoms with Gasteiger partial charge in [-0.3, -0.25) is 0 Å². The Morgan fingerprint density at radius 3 is 2.53 bits per heavy atom. The summed E-state index contributed by atoms with van der Waals surface area (Å²) in [6.07, 6.45) is 0. The summed E-state index contributed by atoms with van der Waals surface area (Å²) in [7, 11) is 3.33. The molecule has 104 valence electrons. The molecule has 0 aliphatic rings. The lowest BCUT2D eigenvalue weighted by Gasteiger charge is -2.12. The molecule has 0 unspecified atom stereocenters. The van der Waals surface area contributed by atoms with Crippen LogP contribution >= 0.6 is 0 Å². The summed E-state index contributed by atoms with van der Waals surface area (Å²) in [4.78, 5) is 27.6. The number of carbonyl (C=O) groups is 2. The van der Waals surface area contributed by atoms with E-state index in [9.17, 15) is 9.59 Å². The maximum Gasteiger partial charge on any atom is 0.337 e. The summed E-state index contributed by atoms with van der Waals surface area (Å²) >= 11 is 0. The van der Waals surface area contributed by atoms with Gasteiger partial charge in [-0.15, -0.1) is 0 Å². The number of aromatic carboxylic acids is 1. The Balaban J connectivity index is 2.44. The molecule has 19 heavy (non-hydrogen) atoms. The molecule has 0 aliphatic carbocycles. The molecule has 1 aromatic heterocycles. The fourth-order valence-electron chi connectivity index (χ4n) is 1.40. The normalized spacial score (nSPS) is 9.84. The first-order valence-electron chi connectivity index (χ1n) is 5.81. The number of aromatic nitrogens is 1. The van der Waals surface area contributed by atoms with Crippen LogP contribution in [0.25, 0.3) is 0 Å². The van der Waals surface area contributed by atoms with Crippen LogP contribution < -0.4 is 10.6 Å². The van der Waals surface area contributed by atoms with Crippen LogP contribution in [-0.4, -0.2) is 54.2 Å². The van der Waals surface area contributed by atoms with Crippen LogP contribution in [0.2, 0.25) is 0 Å². The smallest absolute Gasteiger partial charge is 0.337 e. The van der Waals surface area contributed by atoms with E-state index in [1.165, 1.54) is 11.0 Å². The van der Waals surface area contributed by atoms with Crippen molar-refractivity contribution in [1.82, 2.24) is 15.2 Å². The van der Waals surface area contributed by atoms with Crippen molar-refractivity contribution in [2.45, 2.75) is 6.92 Å². The van der Waals surface area contributed by atoms with Gasteiger partial charge in [-0.25, -0.2) is 14.6 Å². The Kier molecular flexibility index (Phi) is 5.11. The number of hydrogen-bond donors (Lipinski definition) is 3. The zero-order valence-corrected chi connectivity index (χ0v) is 11.2. The second-order valence-electron chi connectivity index (χ2n) is 4.19. The molecule has 1 rings (SSSR count). The lowest BCUT2D eigenvalue weighted by molar-refractivity contribution is 0.0695. The van der Waals surface area contributed by atoms with Crippen LogP contribution in [0.1, 0.15) is 16.1 Å². The van der Waals surface area contributed by atoms with E-state index in [1.54, 1.807) is 27.1 Å². The molecule has 2 amide bonds. The van der Waals surface area contributed by atoms with E-state index >= 15 is 0 Å². The van der Waals surface area contributed by atoms with Crippen molar-refractivity contribution in [3.63, 3.8) is 0 Å². The summed E-state index contributed by atoms with van der Waals surface area (Å²) < 4.78 is 0. The number of rotatable bonds is 5. The lowest BCUT2D eigenvalue weighted by Crippen LogP contribution is -2.37. The van der Waals surface area contributed by atoms with Gasteiger partial charge in [0, 0.05) is 27.2 Å². The van der Waals surface area contributed by atoms with Gasteiger partial charge in [0.15, 0.2) is 0 Å². The molecule has 0 aromatic carbocycles. The van der Waals surface area contributed by atoms with E-state index < -0.39 is 5.97 Å². The Morgan fingerprint density at radius 1 is 1.32 bits per heavy atom. The van der Waals surface area contributed by atoms with Crippen molar-refractivity contribution in [2.24, 2.45) is 0 Å². The Hall–Kier alpha value is -2.31. The van der Waals surface area contributed by atoms with E-state index in [2.05, 4.69) is 15.6 Å². The molecule has 1 aromatic rings. The Morgan fingerprint density at radius 2 is 2.00 bits per heavy atom. The van der Waals surface area contributed by atoms with Gasteiger partial charge in [-0.2, -0.15) is 0 Å². The summed E-state index contributed by atoms with van der Waals surface area (Å²) in [5, 5.41) is 14.6. The molecule has 0 saturated carbocycles. The maximum atomic E-state index is 11.2. The van der Waals surface area contributed by atoms with Crippen molar-refractivity contribution in [1.29, 1.82) is 0 Å². The van der Waals surface area contributed by atoms with Gasteiger partial charge in [-0.05, 0) is 19.1 Å². The second-order valence-corrected chi connectivity index (χ2v) is 4.19. The minimum absolute atomic E-state index is 0.160. The molecular weight excluding hydrogens is 248 g/mol. The molecule has 0 bridgehead atoms. The molecule has 0 aliphatic heterocycles. The van der Waals surface area contributed by atoms with Gasteiger partial charge in [0.2, 0.25) is 0 Å². The Labute approximate surface area is 111 Å². The molecule has 0 fully saturated rings. The first kappa shape index (κ1) is 14.7. The average molecular weight is 266 g/mol. The highest BCUT2D eigenvalue weighted by Crippen LogP contribution is 2.09. The summed E-state index contributed by atoms with van der Waals surface area (Å²) in [6.45, 7) is 2.61. The molecule has 3 N–H and O–H groups in total. The van der Waals surface area contributed by atoms with Crippen molar-refractivity contribution >= 4 is 17.8 Å². The summed E-state index contributed by atoms with van der Waals surface area (Å²) in [5.41, 5.74) is 0.640. The minimum Gasteiger partial charge on any atom is -0.478 e. The highest BCUT2D eigenvalue weighted by molar-refractivity contribution is 5.89. The van der Waals surface area contributed by atoms with Crippen LogP contribution in [0.3, 0.4) is 0 Å². The number of carboxylic acid groups (broad SMARTS) is 1. The van der Waals surface area contributed by atoms with E-state index in [0.29, 0.717) is 24.6 Å². The molecule has 7 heteroatoms. The highest BCUT2D eigenvalue weighted by atomic mass is 16.4. The van der Waals surface area contributed by atoms with Crippen molar-refractivity contribution in [3.8, 4) is 0 Å². The SMILES string of the molecule is Cc1nc(NCCNC(=O)N(C)C)ccc1C(=O)O. The first-order chi connectivity index (χ1) is 8.91. The monoisotopic (exact) mass is 266 g/mol. The van der Waals surface area contributed by atoms with E-state index in [0.717, 1.165) is 0 Å². The van der Waals surface area contributed by atoms with Crippen molar-refractivity contribution < 1.29 is 14.7 Å². The number of anilines is 1. The zero-order valence-electron chi connectivity index (χ0n) is 11.2. The molecule has 0 saturated heterocycles. The average Bonchev–Trinajstić information content (AvgIpc) is 2.33. The van der Waals surface area contributed by atoms with Gasteiger partial charge in [-0.1, -0.05) is 0 Å². The minimum atomic E-state index is -0.991. The van der Waals surface area contributed by atoms with Crippen molar-refractivity contribution in [3.05, 3.63) is 23.4 Å². The number of pyridine rings is 1. The second kappa shape index (κ2) is 6.58. The topological polar surface area (TPSA) is 94.6 Å². The van der Waals surface area contributed by atoms with Gasteiger partial charge in [0.25, 0.3) is 0 Å². The molecule has 0 radical (unpaired) electrons. The van der Waals surface area contributed by atoms with Crippen LogP contribution in [0.4, 0.5) is 10.6 Å². The zero-order chi connectivity index (χ0) is 14.4. The quantitative estimate of drug-likeness (QED) is 0.684. The number of carboxylic acids is 1. The summed E-state index contributed by atoms with van der Waals surface area (Å²) in [6, 6.07) is 2.95. The third kappa shape index (κ3) is 4.46. The standard InChI is InChI=1S/C12H18N4O3/c1-8-9(11(17)18)4-5-10(15-8)13-6-7-14-12(19)16(2)3/h4-5H,6-7H2,1-3H3,(H,13,15)(H,14,19)(H,17,18). The van der Waals surface area contributed by atoms with Gasteiger partial charge >= 0.3 is 12.0 Å². The van der Waals surface area contributed by atoms with Gasteiger partial charge < -0.3 is 20.6 Å². The van der Waals surface area contributed by atoms with Gasteiger partial charge in [0.1, 0.15) is 5.82 Å². The van der Waals surface area contributed by atoms with Crippen LogP contribution in [0.15, 0.2) is 12.1 Å². The molecule has 7 nitrogen and oxygen atoms in total. The number of carbonyl (C=O) groups excluding carboxylic acids is 1. The van der Waals surface area contributed by atoms with Crippen LogP contribution in [0, 0.1) is 6.92 Å². The predicted octanol–water partition coefficient (Wildman–Crippen LogP) is 0.771. The first-order valence-corrected chi connectivity index (χ1v) is 5.81. The van der Waals surface area contributed by atoms with Crippen LogP contribution in [0.5, 0.6) is 0 Å². The molecule has 1 heterocycles. The number of amides is 2. The fourth-order valence-corrected chi connectivity index (χ4v) is 1.40. The van der Waals surface area contributed by atoms with E-state index in [-0.39, 0.29) is 11.6 Å². The number of hydrogen-bond acceptors (Lipinski definition) is 4. The van der Waals surface area contributed by atoms with Gasteiger partial charge in [0.05, 0.1) is 11.3 Å². The number of urea groups is 1. The fraction of sp³-hybridized carbons (Fsp3) is 0.417. The Bertz CT molecular complexity index is 474. The van der Waals surface area contributed by atoms with Crippen LogP contribution in [-0.2, 0) is 0 Å². The maximum absolute atomic E-state index is 11.2. The third-order valence-electron chi connectivity index (χ3n) is 2.43. The summed E-state index contributed by atoms with van der Waals surface area (Å²) in [5.74, 6) is -0.406. The van der Waals surface area contributed by atoms with E-state index in [1.807, 2.05) is 0 Å². The van der Waals surface area contributed by atoms with Crippen molar-refractivity contribution in [2.75, 3.05) is 32.5 Å². The third-order valence-corrected chi connectivity index (χ3v) is 2.43.